The molecule has 2 aromatic carbocycles. The van der Waals surface area contributed by atoms with Gasteiger partial charge in [0, 0.05) is 17.0 Å². The molecule has 156 valence electrons. The van der Waals surface area contributed by atoms with Crippen molar-refractivity contribution < 1.29 is 33.3 Å². The number of phenols is 1. The molecule has 2 N–H and O–H groups in total. The summed E-state index contributed by atoms with van der Waals surface area (Å²) in [5.74, 6) is 0.446. The molecule has 0 unspecified atom stereocenters. The van der Waals surface area contributed by atoms with Crippen molar-refractivity contribution in [3.63, 3.8) is 0 Å². The number of aromatic hydroxyl groups is 1. The van der Waals surface area contributed by atoms with Crippen LogP contribution >= 0.6 is 0 Å². The van der Waals surface area contributed by atoms with Crippen molar-refractivity contribution in [2.24, 2.45) is 0 Å². The fourth-order valence-electron chi connectivity index (χ4n) is 3.26. The maximum Gasteiger partial charge on any atom is 0.310 e. The highest BCUT2D eigenvalue weighted by Crippen LogP contribution is 2.32. The summed E-state index contributed by atoms with van der Waals surface area (Å²) in [5.41, 5.74) is 1.95. The molecular weight excluding hydrogens is 390 g/mol. The molecule has 1 amide bonds. The third-order valence-corrected chi connectivity index (χ3v) is 4.78. The maximum absolute atomic E-state index is 12.2. The number of furan rings is 1. The van der Waals surface area contributed by atoms with Gasteiger partial charge >= 0.3 is 5.97 Å². The number of hydrogen-bond acceptors (Lipinski definition) is 7. The van der Waals surface area contributed by atoms with E-state index in [2.05, 4.69) is 5.32 Å². The van der Waals surface area contributed by atoms with Crippen molar-refractivity contribution in [3.8, 4) is 17.2 Å². The van der Waals surface area contributed by atoms with Gasteiger partial charge in [-0.3, -0.25) is 9.59 Å². The van der Waals surface area contributed by atoms with Crippen molar-refractivity contribution in [1.29, 1.82) is 0 Å². The number of benzene rings is 2. The average Bonchev–Trinajstić information content (AvgIpc) is 3.13. The van der Waals surface area contributed by atoms with Gasteiger partial charge in [-0.15, -0.1) is 0 Å². The molecule has 0 saturated heterocycles. The molecule has 0 bridgehead atoms. The van der Waals surface area contributed by atoms with Gasteiger partial charge in [-0.1, -0.05) is 6.07 Å². The van der Waals surface area contributed by atoms with E-state index in [1.165, 1.54) is 18.4 Å². The minimum atomic E-state index is -0.548. The molecule has 8 nitrogen and oxygen atoms in total. The number of rotatable bonds is 6. The number of amides is 1. The third-order valence-electron chi connectivity index (χ3n) is 4.78. The minimum absolute atomic E-state index is 0.0389. The molecule has 0 spiro atoms. The highest BCUT2D eigenvalue weighted by molar-refractivity contribution is 5.87. The number of carbonyl (C=O) groups is 2. The molecule has 8 heteroatoms. The second-order valence-electron chi connectivity index (χ2n) is 6.97. The predicted molar refractivity (Wildman–Crippen MR) is 107 cm³/mol. The molecule has 0 fully saturated rings. The number of fused-ring (bicyclic) bond motifs is 2. The normalized spacial score (nSPS) is 13.6. The lowest BCUT2D eigenvalue weighted by molar-refractivity contribution is -0.148. The van der Waals surface area contributed by atoms with Crippen LogP contribution in [-0.2, 0) is 20.7 Å². The molecule has 3 aromatic rings. The first kappa shape index (κ1) is 19.6. The lowest BCUT2D eigenvalue weighted by atomic mass is 10.1. The molecule has 30 heavy (non-hydrogen) atoms. The number of ether oxygens (including phenoxy) is 3. The first-order chi connectivity index (χ1) is 14.5. The zero-order valence-electron chi connectivity index (χ0n) is 16.3. The molecule has 1 aliphatic rings. The van der Waals surface area contributed by atoms with Gasteiger partial charge in [0.25, 0.3) is 5.91 Å². The predicted octanol–water partition coefficient (Wildman–Crippen LogP) is 2.87. The van der Waals surface area contributed by atoms with E-state index in [1.807, 2.05) is 25.1 Å². The quantitative estimate of drug-likeness (QED) is 0.601. The van der Waals surface area contributed by atoms with Crippen molar-refractivity contribution >= 4 is 22.8 Å². The summed E-state index contributed by atoms with van der Waals surface area (Å²) in [5, 5.41) is 13.0. The number of carbonyl (C=O) groups excluding carboxylic acids is 2. The lowest BCUT2D eigenvalue weighted by Gasteiger charge is -2.21. The fourth-order valence-corrected chi connectivity index (χ4v) is 3.26. The van der Waals surface area contributed by atoms with Crippen LogP contribution in [0.15, 0.2) is 47.1 Å². The van der Waals surface area contributed by atoms with Crippen molar-refractivity contribution in [3.05, 3.63) is 53.8 Å². The minimum Gasteiger partial charge on any atom is -0.508 e. The van der Waals surface area contributed by atoms with Crippen LogP contribution in [0.5, 0.6) is 17.2 Å². The Bertz CT molecular complexity index is 1090. The topological polar surface area (TPSA) is 107 Å². The molecule has 1 aliphatic heterocycles. The summed E-state index contributed by atoms with van der Waals surface area (Å²) < 4.78 is 21.5. The number of esters is 1. The highest BCUT2D eigenvalue weighted by Gasteiger charge is 2.17. The van der Waals surface area contributed by atoms with E-state index in [0.717, 1.165) is 5.56 Å². The lowest BCUT2D eigenvalue weighted by Crippen LogP contribution is -2.31. The first-order valence-corrected chi connectivity index (χ1v) is 9.53. The van der Waals surface area contributed by atoms with Crippen LogP contribution in [0.25, 0.3) is 11.0 Å². The Morgan fingerprint density at radius 3 is 2.77 bits per heavy atom. The zero-order chi connectivity index (χ0) is 21.1. The van der Waals surface area contributed by atoms with Crippen LogP contribution in [-0.4, -0.2) is 36.8 Å². The highest BCUT2D eigenvalue weighted by atomic mass is 16.6. The van der Waals surface area contributed by atoms with Crippen LogP contribution in [0, 0.1) is 0 Å². The smallest absolute Gasteiger partial charge is 0.310 e. The molecule has 0 saturated carbocycles. The van der Waals surface area contributed by atoms with Gasteiger partial charge in [-0.2, -0.15) is 0 Å². The molecule has 0 radical (unpaired) electrons. The Kier molecular flexibility index (Phi) is 5.47. The van der Waals surface area contributed by atoms with Gasteiger partial charge in [0.1, 0.15) is 24.5 Å². The summed E-state index contributed by atoms with van der Waals surface area (Å²) in [7, 11) is 0. The van der Waals surface area contributed by atoms with Crippen molar-refractivity contribution in [2.75, 3.05) is 19.8 Å². The number of nitrogens with one attached hydrogen (secondary N) is 1. The van der Waals surface area contributed by atoms with E-state index < -0.39 is 11.9 Å². The van der Waals surface area contributed by atoms with E-state index >= 15 is 0 Å². The summed E-state index contributed by atoms with van der Waals surface area (Å²) in [4.78, 5) is 24.3. The molecule has 1 aromatic heterocycles. The standard InChI is InChI=1S/C22H21NO7/c1-13(14-2-5-18-20(8-14)28-7-6-27-18)23-21(25)12-30-22(26)9-15-11-29-19-10-16(24)3-4-17(15)19/h2-5,8,10-11,13,24H,6-7,9,12H2,1H3,(H,23,25)/t13-/m0/s1. The molecule has 1 atom stereocenters. The Morgan fingerprint density at radius 1 is 1.13 bits per heavy atom. The molecule has 0 aliphatic carbocycles. The van der Waals surface area contributed by atoms with Gasteiger partial charge < -0.3 is 29.1 Å². The molecule has 4 rings (SSSR count). The van der Waals surface area contributed by atoms with Crippen LogP contribution in [0.1, 0.15) is 24.1 Å². The van der Waals surface area contributed by atoms with Crippen LogP contribution in [0.3, 0.4) is 0 Å². The SMILES string of the molecule is C[C@H](NC(=O)COC(=O)Cc1coc2cc(O)ccc12)c1ccc2c(c1)OCCO2. The van der Waals surface area contributed by atoms with Gasteiger partial charge in [0.15, 0.2) is 18.1 Å². The van der Waals surface area contributed by atoms with E-state index in [4.69, 9.17) is 18.6 Å². The summed E-state index contributed by atoms with van der Waals surface area (Å²) in [6, 6.07) is 9.84. The summed E-state index contributed by atoms with van der Waals surface area (Å²) in [6.45, 7) is 2.45. The Labute approximate surface area is 172 Å². The second kappa shape index (κ2) is 8.36. The summed E-state index contributed by atoms with van der Waals surface area (Å²) >= 11 is 0. The van der Waals surface area contributed by atoms with Gasteiger partial charge in [0.05, 0.1) is 18.7 Å². The Morgan fingerprint density at radius 2 is 1.93 bits per heavy atom. The first-order valence-electron chi connectivity index (χ1n) is 9.53. The zero-order valence-corrected chi connectivity index (χ0v) is 16.3. The van der Waals surface area contributed by atoms with E-state index in [0.29, 0.717) is 41.2 Å². The van der Waals surface area contributed by atoms with Crippen LogP contribution in [0.4, 0.5) is 0 Å². The molecule has 2 heterocycles. The monoisotopic (exact) mass is 411 g/mol. The summed E-state index contributed by atoms with van der Waals surface area (Å²) in [6.07, 6.45) is 1.40. The van der Waals surface area contributed by atoms with E-state index in [-0.39, 0.29) is 24.8 Å². The number of hydrogen-bond donors (Lipinski definition) is 2. The van der Waals surface area contributed by atoms with Gasteiger partial charge in [-0.05, 0) is 36.8 Å². The second-order valence-corrected chi connectivity index (χ2v) is 6.97. The Hall–Kier alpha value is -3.68. The number of phenolic OH excluding ortho intramolecular Hbond substituents is 1. The van der Waals surface area contributed by atoms with E-state index in [1.54, 1.807) is 6.07 Å². The van der Waals surface area contributed by atoms with E-state index in [9.17, 15) is 14.7 Å². The van der Waals surface area contributed by atoms with Gasteiger partial charge in [-0.25, -0.2) is 0 Å². The van der Waals surface area contributed by atoms with Gasteiger partial charge in [0.2, 0.25) is 0 Å². The average molecular weight is 411 g/mol. The van der Waals surface area contributed by atoms with Crippen LogP contribution in [0.2, 0.25) is 0 Å². The third kappa shape index (κ3) is 4.32. The maximum atomic E-state index is 12.2. The largest absolute Gasteiger partial charge is 0.508 e. The Balaban J connectivity index is 1.29. The van der Waals surface area contributed by atoms with Crippen LogP contribution < -0.4 is 14.8 Å². The molecular formula is C22H21NO7. The fraction of sp³-hybridized carbons (Fsp3) is 0.273. The van der Waals surface area contributed by atoms with Crippen molar-refractivity contribution in [1.82, 2.24) is 5.32 Å². The van der Waals surface area contributed by atoms with Crippen molar-refractivity contribution in [2.45, 2.75) is 19.4 Å².